The molecular weight excluding hydrogens is 490 g/mol. The molecular formula is C27H47NO6Si2. The lowest BCUT2D eigenvalue weighted by Crippen LogP contribution is -2.67. The Hall–Kier alpha value is -1.27. The van der Waals surface area contributed by atoms with Crippen molar-refractivity contribution in [2.45, 2.75) is 116 Å². The maximum absolute atomic E-state index is 13.6. The van der Waals surface area contributed by atoms with Crippen molar-refractivity contribution < 1.29 is 27.9 Å². The number of carbonyl (C=O) groups excluding carboxylic acids is 2. The SMILES string of the molecule is C=CCOC(=O)C1=C2[C@@H](O[Si](C)(C)C(C)(C)C)CCO[C@@H]2[C@@H]2[C@@H]([C@@H](C)O[Si](C)(C)C(C)(C)C)C(=O)N12. The monoisotopic (exact) mass is 537 g/mol. The van der Waals surface area contributed by atoms with Crippen molar-refractivity contribution in [3.05, 3.63) is 23.9 Å². The number of esters is 1. The third kappa shape index (κ3) is 5.06. The molecule has 0 saturated carbocycles. The first kappa shape index (κ1) is 29.3. The Morgan fingerprint density at radius 3 is 2.25 bits per heavy atom. The molecule has 9 heteroatoms. The highest BCUT2D eigenvalue weighted by Crippen LogP contribution is 2.51. The summed E-state index contributed by atoms with van der Waals surface area (Å²) in [5, 5.41) is 0.0303. The van der Waals surface area contributed by atoms with Crippen molar-refractivity contribution >= 4 is 28.5 Å². The molecule has 3 heterocycles. The zero-order valence-electron chi connectivity index (χ0n) is 24.2. The Labute approximate surface area is 219 Å². The van der Waals surface area contributed by atoms with Crippen LogP contribution in [0.2, 0.25) is 36.3 Å². The van der Waals surface area contributed by atoms with Crippen LogP contribution in [0.15, 0.2) is 23.9 Å². The maximum Gasteiger partial charge on any atom is 0.355 e. The fourth-order valence-electron chi connectivity index (χ4n) is 4.82. The molecule has 3 aliphatic rings. The van der Waals surface area contributed by atoms with Crippen LogP contribution in [-0.4, -0.2) is 71.0 Å². The molecule has 1 amide bonds. The third-order valence-corrected chi connectivity index (χ3v) is 18.0. The van der Waals surface area contributed by atoms with Crippen LogP contribution in [0.5, 0.6) is 0 Å². The van der Waals surface area contributed by atoms with E-state index in [-0.39, 0.29) is 46.8 Å². The van der Waals surface area contributed by atoms with Crippen LogP contribution in [0.4, 0.5) is 0 Å². The lowest BCUT2D eigenvalue weighted by molar-refractivity contribution is -0.168. The van der Waals surface area contributed by atoms with E-state index in [1.54, 1.807) is 4.90 Å². The molecule has 36 heavy (non-hydrogen) atoms. The van der Waals surface area contributed by atoms with Gasteiger partial charge in [-0.15, -0.1) is 0 Å². The molecule has 0 N–H and O–H groups in total. The summed E-state index contributed by atoms with van der Waals surface area (Å²) in [6.07, 6.45) is 1.21. The molecule has 0 radical (unpaired) electrons. The van der Waals surface area contributed by atoms with Gasteiger partial charge in [0, 0.05) is 5.57 Å². The van der Waals surface area contributed by atoms with Gasteiger partial charge in [-0.05, 0) is 49.6 Å². The third-order valence-electron chi connectivity index (χ3n) is 8.91. The Morgan fingerprint density at radius 2 is 1.72 bits per heavy atom. The summed E-state index contributed by atoms with van der Waals surface area (Å²) in [5.74, 6) is -1.000. The average molecular weight is 538 g/mol. The molecule has 3 rings (SSSR count). The van der Waals surface area contributed by atoms with Gasteiger partial charge in [-0.25, -0.2) is 4.79 Å². The first-order valence-electron chi connectivity index (χ1n) is 13.2. The minimum absolute atomic E-state index is 0.00657. The van der Waals surface area contributed by atoms with Crippen molar-refractivity contribution in [2.24, 2.45) is 5.92 Å². The number of β-lactam (4-membered cyclic amide) rings is 1. The summed E-state index contributed by atoms with van der Waals surface area (Å²) in [7, 11) is -4.25. The summed E-state index contributed by atoms with van der Waals surface area (Å²) < 4.78 is 25.2. The number of hydrogen-bond donors (Lipinski definition) is 0. The fraction of sp³-hybridized carbons (Fsp3) is 0.778. The van der Waals surface area contributed by atoms with Crippen LogP contribution in [0.25, 0.3) is 0 Å². The Kier molecular flexibility index (Phi) is 7.97. The highest BCUT2D eigenvalue weighted by Gasteiger charge is 2.65. The van der Waals surface area contributed by atoms with E-state index in [2.05, 4.69) is 74.3 Å². The topological polar surface area (TPSA) is 74.3 Å². The standard InChI is InChI=1S/C27H47NO6Si2/c1-13-15-32-25(30)22-20-18(34-36(11,12)27(6,7)8)14-16-31-23(20)21-19(24(29)28(21)22)17(2)33-35(9,10)26(3,4)5/h13,17-19,21,23H,1,14-16H2,2-12H3/t17-,18+,19-,21+,23+/m1/s1. The van der Waals surface area contributed by atoms with Crippen LogP contribution in [0, 0.1) is 5.92 Å². The fourth-order valence-corrected chi connectivity index (χ4v) is 7.56. The molecule has 0 aromatic carbocycles. The highest BCUT2D eigenvalue weighted by atomic mass is 28.4. The average Bonchev–Trinajstić information content (AvgIpc) is 3.01. The Morgan fingerprint density at radius 1 is 1.14 bits per heavy atom. The molecule has 0 aromatic heterocycles. The molecule has 0 bridgehead atoms. The number of fused-ring (bicyclic) bond motifs is 3. The summed E-state index contributed by atoms with van der Waals surface area (Å²) in [4.78, 5) is 28.5. The summed E-state index contributed by atoms with van der Waals surface area (Å²) in [5.41, 5.74) is 1.07. The van der Waals surface area contributed by atoms with E-state index in [1.807, 2.05) is 6.92 Å². The second-order valence-electron chi connectivity index (χ2n) is 13.4. The van der Waals surface area contributed by atoms with Gasteiger partial charge in [0.15, 0.2) is 16.6 Å². The van der Waals surface area contributed by atoms with Gasteiger partial charge >= 0.3 is 5.97 Å². The van der Waals surface area contributed by atoms with E-state index >= 15 is 0 Å². The maximum atomic E-state index is 13.6. The van der Waals surface area contributed by atoms with Gasteiger partial charge in [-0.2, -0.15) is 0 Å². The van der Waals surface area contributed by atoms with Crippen LogP contribution in [0.1, 0.15) is 54.9 Å². The van der Waals surface area contributed by atoms with Gasteiger partial charge < -0.3 is 18.3 Å². The lowest BCUT2D eigenvalue weighted by atomic mass is 9.80. The van der Waals surface area contributed by atoms with Crippen LogP contribution < -0.4 is 0 Å². The van der Waals surface area contributed by atoms with Crippen molar-refractivity contribution in [3.8, 4) is 0 Å². The Bertz CT molecular complexity index is 930. The Balaban J connectivity index is 1.98. The molecule has 0 aliphatic carbocycles. The molecule has 204 valence electrons. The number of nitrogens with zero attached hydrogens (tertiary/aromatic N) is 1. The van der Waals surface area contributed by atoms with Crippen LogP contribution >= 0.6 is 0 Å². The zero-order chi connectivity index (χ0) is 27.4. The van der Waals surface area contributed by atoms with Crippen molar-refractivity contribution in [2.75, 3.05) is 13.2 Å². The largest absolute Gasteiger partial charge is 0.457 e. The number of amides is 1. The van der Waals surface area contributed by atoms with E-state index in [0.29, 0.717) is 18.7 Å². The predicted molar refractivity (Wildman–Crippen MR) is 146 cm³/mol. The van der Waals surface area contributed by atoms with Crippen LogP contribution in [0.3, 0.4) is 0 Å². The van der Waals surface area contributed by atoms with Crippen molar-refractivity contribution in [1.29, 1.82) is 0 Å². The number of hydrogen-bond acceptors (Lipinski definition) is 6. The van der Waals surface area contributed by atoms with E-state index < -0.39 is 28.7 Å². The van der Waals surface area contributed by atoms with E-state index in [0.717, 1.165) is 5.57 Å². The van der Waals surface area contributed by atoms with Gasteiger partial charge in [-0.1, -0.05) is 54.2 Å². The van der Waals surface area contributed by atoms with Gasteiger partial charge in [0.2, 0.25) is 5.91 Å². The number of ether oxygens (including phenoxy) is 2. The molecule has 0 aromatic rings. The second kappa shape index (κ2) is 9.80. The molecule has 2 fully saturated rings. The summed E-state index contributed by atoms with van der Waals surface area (Å²) in [6.45, 7) is 28.2. The van der Waals surface area contributed by atoms with E-state index in [9.17, 15) is 9.59 Å². The minimum Gasteiger partial charge on any atom is -0.457 e. The van der Waals surface area contributed by atoms with Gasteiger partial charge in [0.1, 0.15) is 18.4 Å². The van der Waals surface area contributed by atoms with E-state index in [1.165, 1.54) is 6.08 Å². The van der Waals surface area contributed by atoms with Gasteiger partial charge in [0.25, 0.3) is 0 Å². The number of carbonyl (C=O) groups is 2. The van der Waals surface area contributed by atoms with Crippen LogP contribution in [-0.2, 0) is 27.9 Å². The summed E-state index contributed by atoms with van der Waals surface area (Å²) in [6, 6.07) is -0.288. The predicted octanol–water partition coefficient (Wildman–Crippen LogP) is 5.40. The second-order valence-corrected chi connectivity index (χ2v) is 23.0. The van der Waals surface area contributed by atoms with Gasteiger partial charge in [0.05, 0.1) is 30.8 Å². The number of rotatable bonds is 8. The molecule has 0 spiro atoms. The molecule has 0 unspecified atom stereocenters. The molecule has 3 aliphatic heterocycles. The minimum atomic E-state index is -2.15. The quantitative estimate of drug-likeness (QED) is 0.179. The first-order chi connectivity index (χ1) is 16.4. The lowest BCUT2D eigenvalue weighted by Gasteiger charge is -2.50. The molecule has 7 nitrogen and oxygen atoms in total. The first-order valence-corrected chi connectivity index (χ1v) is 19.0. The van der Waals surface area contributed by atoms with E-state index in [4.69, 9.17) is 18.3 Å². The molecule has 2 saturated heterocycles. The normalized spacial score (nSPS) is 27.9. The molecule has 5 atom stereocenters. The summed E-state index contributed by atoms with van der Waals surface area (Å²) >= 11 is 0. The van der Waals surface area contributed by atoms with Crippen molar-refractivity contribution in [1.82, 2.24) is 4.90 Å². The zero-order valence-corrected chi connectivity index (χ0v) is 26.2. The van der Waals surface area contributed by atoms with Gasteiger partial charge in [-0.3, -0.25) is 9.69 Å². The van der Waals surface area contributed by atoms with Crippen molar-refractivity contribution in [3.63, 3.8) is 0 Å². The highest BCUT2D eigenvalue weighted by molar-refractivity contribution is 6.74. The smallest absolute Gasteiger partial charge is 0.355 e.